The Morgan fingerprint density at radius 1 is 1.27 bits per heavy atom. The fourth-order valence-corrected chi connectivity index (χ4v) is 3.79. The molecule has 9 heteroatoms. The number of hydrogen-bond acceptors (Lipinski definition) is 7. The van der Waals surface area contributed by atoms with E-state index in [-0.39, 0.29) is 12.0 Å². The molecule has 3 aromatic rings. The van der Waals surface area contributed by atoms with Gasteiger partial charge in [0.1, 0.15) is 17.4 Å². The summed E-state index contributed by atoms with van der Waals surface area (Å²) >= 11 is 0. The summed E-state index contributed by atoms with van der Waals surface area (Å²) in [4.78, 5) is 19.5. The van der Waals surface area contributed by atoms with Crippen LogP contribution in [0, 0.1) is 0 Å². The number of morpholine rings is 1. The predicted molar refractivity (Wildman–Crippen MR) is 112 cm³/mol. The maximum atomic E-state index is 13.0. The Kier molecular flexibility index (Phi) is 5.82. The van der Waals surface area contributed by atoms with Crippen molar-refractivity contribution in [1.82, 2.24) is 14.6 Å². The molecule has 9 nitrogen and oxygen atoms in total. The SMILES string of the molecule is CC1Cc2cc(NC(=O)c3cnn4cccnc34)c(N3CCOCC3)cc2O1.CO. The van der Waals surface area contributed by atoms with Crippen LogP contribution in [0.2, 0.25) is 0 Å². The van der Waals surface area contributed by atoms with Gasteiger partial charge in [-0.2, -0.15) is 5.10 Å². The van der Waals surface area contributed by atoms with Gasteiger partial charge in [-0.15, -0.1) is 0 Å². The number of carbonyl (C=O) groups excluding carboxylic acids is 1. The zero-order chi connectivity index (χ0) is 21.1. The number of carbonyl (C=O) groups is 1. The molecule has 0 aliphatic carbocycles. The Morgan fingerprint density at radius 2 is 2.07 bits per heavy atom. The second-order valence-corrected chi connectivity index (χ2v) is 7.11. The van der Waals surface area contributed by atoms with Crippen molar-refractivity contribution >= 4 is 22.9 Å². The number of fused-ring (bicyclic) bond motifs is 2. The number of amides is 1. The molecule has 1 amide bonds. The van der Waals surface area contributed by atoms with Crippen molar-refractivity contribution < 1.29 is 19.4 Å². The smallest absolute Gasteiger partial charge is 0.261 e. The number of ether oxygens (including phenoxy) is 2. The number of aliphatic hydroxyl groups excluding tert-OH is 1. The molecular weight excluding hydrogens is 386 g/mol. The van der Waals surface area contributed by atoms with E-state index in [2.05, 4.69) is 27.2 Å². The summed E-state index contributed by atoms with van der Waals surface area (Å²) in [7, 11) is 1.00. The average molecular weight is 411 g/mol. The molecule has 1 fully saturated rings. The molecule has 1 atom stereocenters. The minimum absolute atomic E-state index is 0.141. The van der Waals surface area contributed by atoms with E-state index in [1.165, 1.54) is 0 Å². The van der Waals surface area contributed by atoms with Gasteiger partial charge in [0, 0.05) is 50.6 Å². The number of aliphatic hydroxyl groups is 1. The number of hydrogen-bond donors (Lipinski definition) is 2. The van der Waals surface area contributed by atoms with Crippen LogP contribution in [-0.2, 0) is 11.2 Å². The number of rotatable bonds is 3. The summed E-state index contributed by atoms with van der Waals surface area (Å²) in [6.07, 6.45) is 5.94. The minimum atomic E-state index is -0.227. The molecule has 2 aliphatic rings. The van der Waals surface area contributed by atoms with Crippen molar-refractivity contribution in [2.24, 2.45) is 0 Å². The van der Waals surface area contributed by atoms with Gasteiger partial charge in [-0.3, -0.25) is 4.79 Å². The van der Waals surface area contributed by atoms with Crippen LogP contribution in [0.3, 0.4) is 0 Å². The second-order valence-electron chi connectivity index (χ2n) is 7.11. The molecule has 4 heterocycles. The van der Waals surface area contributed by atoms with E-state index in [9.17, 15) is 4.79 Å². The summed E-state index contributed by atoms with van der Waals surface area (Å²) in [6, 6.07) is 5.84. The van der Waals surface area contributed by atoms with Gasteiger partial charge in [0.05, 0.1) is 30.8 Å². The molecule has 2 aromatic heterocycles. The number of aromatic nitrogens is 3. The highest BCUT2D eigenvalue weighted by Crippen LogP contribution is 2.39. The summed E-state index contributed by atoms with van der Waals surface area (Å²) in [5.41, 5.74) is 3.81. The van der Waals surface area contributed by atoms with Crippen LogP contribution in [-0.4, -0.2) is 65.1 Å². The van der Waals surface area contributed by atoms with E-state index < -0.39 is 0 Å². The fraction of sp³-hybridized carbons (Fsp3) is 0.381. The molecule has 158 valence electrons. The first-order valence-electron chi connectivity index (χ1n) is 9.90. The van der Waals surface area contributed by atoms with E-state index in [4.69, 9.17) is 14.6 Å². The van der Waals surface area contributed by atoms with Gasteiger partial charge in [0.15, 0.2) is 5.65 Å². The van der Waals surface area contributed by atoms with Crippen molar-refractivity contribution in [3.05, 3.63) is 47.9 Å². The van der Waals surface area contributed by atoms with Crippen LogP contribution in [0.15, 0.2) is 36.8 Å². The van der Waals surface area contributed by atoms with Crippen LogP contribution in [0.5, 0.6) is 5.75 Å². The first-order chi connectivity index (χ1) is 14.7. The molecule has 0 spiro atoms. The summed E-state index contributed by atoms with van der Waals surface area (Å²) in [5.74, 6) is 0.666. The zero-order valence-corrected chi connectivity index (χ0v) is 17.0. The summed E-state index contributed by atoms with van der Waals surface area (Å²) in [6.45, 7) is 4.93. The van der Waals surface area contributed by atoms with Crippen molar-refractivity contribution in [2.45, 2.75) is 19.4 Å². The van der Waals surface area contributed by atoms with E-state index >= 15 is 0 Å². The van der Waals surface area contributed by atoms with Gasteiger partial charge in [-0.25, -0.2) is 9.50 Å². The summed E-state index contributed by atoms with van der Waals surface area (Å²) < 4.78 is 13.0. The maximum Gasteiger partial charge on any atom is 0.261 e. The van der Waals surface area contributed by atoms with Gasteiger partial charge >= 0.3 is 0 Å². The Bertz CT molecular complexity index is 1050. The highest BCUT2D eigenvalue weighted by molar-refractivity contribution is 6.09. The van der Waals surface area contributed by atoms with E-state index in [1.54, 1.807) is 29.2 Å². The van der Waals surface area contributed by atoms with Crippen molar-refractivity contribution in [3.8, 4) is 5.75 Å². The molecular formula is C21H25N5O4. The Balaban J connectivity index is 0.00000106. The molecule has 1 unspecified atom stereocenters. The minimum Gasteiger partial charge on any atom is -0.490 e. The number of benzene rings is 1. The van der Waals surface area contributed by atoms with E-state index in [1.807, 2.05) is 12.1 Å². The lowest BCUT2D eigenvalue weighted by atomic mass is 10.1. The van der Waals surface area contributed by atoms with Crippen molar-refractivity contribution in [3.63, 3.8) is 0 Å². The van der Waals surface area contributed by atoms with Gasteiger partial charge in [0.2, 0.25) is 0 Å². The molecule has 2 N–H and O–H groups in total. The zero-order valence-electron chi connectivity index (χ0n) is 17.0. The van der Waals surface area contributed by atoms with Gasteiger partial charge in [-0.1, -0.05) is 0 Å². The highest BCUT2D eigenvalue weighted by Gasteiger charge is 2.25. The monoisotopic (exact) mass is 411 g/mol. The van der Waals surface area contributed by atoms with Crippen molar-refractivity contribution in [2.75, 3.05) is 43.6 Å². The van der Waals surface area contributed by atoms with Gasteiger partial charge < -0.3 is 24.8 Å². The second kappa shape index (κ2) is 8.68. The fourth-order valence-electron chi connectivity index (χ4n) is 3.79. The van der Waals surface area contributed by atoms with Crippen LogP contribution in [0.4, 0.5) is 11.4 Å². The Labute approximate surface area is 174 Å². The van der Waals surface area contributed by atoms with Crippen molar-refractivity contribution in [1.29, 1.82) is 0 Å². The first kappa shape index (κ1) is 20.1. The molecule has 2 aliphatic heterocycles. The molecule has 0 saturated carbocycles. The average Bonchev–Trinajstić information content (AvgIpc) is 3.37. The van der Waals surface area contributed by atoms with Crippen LogP contribution < -0.4 is 15.0 Å². The largest absolute Gasteiger partial charge is 0.490 e. The lowest BCUT2D eigenvalue weighted by molar-refractivity contribution is 0.102. The number of nitrogens with one attached hydrogen (secondary N) is 1. The molecule has 30 heavy (non-hydrogen) atoms. The molecule has 5 rings (SSSR count). The highest BCUT2D eigenvalue weighted by atomic mass is 16.5. The third-order valence-corrected chi connectivity index (χ3v) is 5.14. The third-order valence-electron chi connectivity index (χ3n) is 5.14. The van der Waals surface area contributed by atoms with Crippen LogP contribution >= 0.6 is 0 Å². The lowest BCUT2D eigenvalue weighted by Crippen LogP contribution is -2.36. The first-order valence-corrected chi connectivity index (χ1v) is 9.90. The van der Waals surface area contributed by atoms with Gasteiger partial charge in [0.25, 0.3) is 5.91 Å². The van der Waals surface area contributed by atoms with E-state index in [0.717, 1.165) is 49.3 Å². The third kappa shape index (κ3) is 3.81. The van der Waals surface area contributed by atoms with Crippen LogP contribution in [0.1, 0.15) is 22.8 Å². The number of anilines is 2. The Morgan fingerprint density at radius 3 is 2.87 bits per heavy atom. The normalized spacial score (nSPS) is 17.7. The maximum absolute atomic E-state index is 13.0. The van der Waals surface area contributed by atoms with Crippen LogP contribution in [0.25, 0.3) is 5.65 Å². The molecule has 1 saturated heterocycles. The quantitative estimate of drug-likeness (QED) is 0.677. The summed E-state index contributed by atoms with van der Waals surface area (Å²) in [5, 5.41) is 14.3. The topological polar surface area (TPSA) is 101 Å². The number of nitrogens with zero attached hydrogens (tertiary/aromatic N) is 4. The Hall–Kier alpha value is -3.17. The predicted octanol–water partition coefficient (Wildman–Crippen LogP) is 1.75. The molecule has 1 aromatic carbocycles. The standard InChI is InChI=1S/C20H21N5O3.CH4O/c1-13-9-14-10-16(17(11-18(14)28-13)24-5-7-27-8-6-24)23-20(26)15-12-22-25-4-2-3-21-19(15)25;1-2/h2-4,10-13H,5-9H2,1H3,(H,23,26);2H,1H3. The van der Waals surface area contributed by atoms with Gasteiger partial charge in [-0.05, 0) is 19.1 Å². The molecule has 0 bridgehead atoms. The lowest BCUT2D eigenvalue weighted by Gasteiger charge is -2.31. The van der Waals surface area contributed by atoms with E-state index in [0.29, 0.717) is 24.4 Å². The molecule has 0 radical (unpaired) electrons.